The second-order valence-corrected chi connectivity index (χ2v) is 2.86. The van der Waals surface area contributed by atoms with Crippen LogP contribution < -0.4 is 16.0 Å². The molecule has 1 saturated heterocycles. The van der Waals surface area contributed by atoms with Crippen molar-refractivity contribution in [3.63, 3.8) is 0 Å². The number of hydrogen-bond acceptors (Lipinski definition) is 3. The van der Waals surface area contributed by atoms with Crippen LogP contribution in [0.1, 0.15) is 0 Å². The zero-order valence-corrected chi connectivity index (χ0v) is 6.81. The third kappa shape index (κ3) is 2.86. The summed E-state index contributed by atoms with van der Waals surface area (Å²) in [5.74, 6) is 0.732. The lowest BCUT2D eigenvalue weighted by atomic mass is 10.0. The number of likely N-dealkylation sites (N-methyl/N-ethyl adjacent to an activating group) is 1. The Morgan fingerprint density at radius 1 is 1.64 bits per heavy atom. The van der Waals surface area contributed by atoms with Crippen LogP contribution in [0.25, 0.3) is 0 Å². The lowest BCUT2D eigenvalue weighted by Gasteiger charge is -2.26. The maximum Gasteiger partial charge on any atom is 0.233 e. The molecule has 1 amide bonds. The summed E-state index contributed by atoms with van der Waals surface area (Å²) in [5, 5.41) is 8.79. The molecule has 4 nitrogen and oxygen atoms in total. The summed E-state index contributed by atoms with van der Waals surface area (Å²) in [6, 6.07) is 0. The third-order valence-electron chi connectivity index (χ3n) is 1.79. The van der Waals surface area contributed by atoms with Gasteiger partial charge in [-0.3, -0.25) is 4.79 Å². The number of carbonyl (C=O) groups excluding carboxylic acids is 1. The minimum Gasteiger partial charge on any atom is -0.355 e. The molecule has 0 unspecified atom stereocenters. The van der Waals surface area contributed by atoms with Crippen molar-refractivity contribution in [1.82, 2.24) is 16.0 Å². The van der Waals surface area contributed by atoms with Crippen LogP contribution in [-0.2, 0) is 4.79 Å². The van der Waals surface area contributed by atoms with Crippen LogP contribution in [0.15, 0.2) is 0 Å². The van der Waals surface area contributed by atoms with E-state index in [0.29, 0.717) is 12.5 Å². The summed E-state index contributed by atoms with van der Waals surface area (Å²) in [6.45, 7) is 3.31. The molecule has 3 N–H and O–H groups in total. The Hall–Kier alpha value is -0.610. The van der Waals surface area contributed by atoms with Crippen molar-refractivity contribution in [2.75, 3.05) is 33.2 Å². The van der Waals surface area contributed by atoms with Gasteiger partial charge in [0.1, 0.15) is 0 Å². The molecule has 1 aliphatic rings. The Kier molecular flexibility index (Phi) is 3.32. The number of nitrogens with one attached hydrogen (secondary N) is 3. The first-order valence-corrected chi connectivity index (χ1v) is 3.95. The molecular formula is C7H15N3O. The topological polar surface area (TPSA) is 53.2 Å². The highest BCUT2D eigenvalue weighted by Gasteiger charge is 2.16. The molecule has 1 aliphatic heterocycles. The van der Waals surface area contributed by atoms with E-state index in [1.54, 1.807) is 7.05 Å². The van der Waals surface area contributed by atoms with E-state index in [-0.39, 0.29) is 5.91 Å². The molecule has 0 saturated carbocycles. The molecule has 4 heteroatoms. The molecule has 0 aliphatic carbocycles. The fourth-order valence-electron chi connectivity index (χ4n) is 0.974. The van der Waals surface area contributed by atoms with Crippen LogP contribution in [0.4, 0.5) is 0 Å². The molecule has 64 valence electrons. The van der Waals surface area contributed by atoms with Crippen molar-refractivity contribution in [2.45, 2.75) is 0 Å². The Balaban J connectivity index is 1.96. The van der Waals surface area contributed by atoms with Gasteiger partial charge in [-0.2, -0.15) is 0 Å². The van der Waals surface area contributed by atoms with Crippen molar-refractivity contribution >= 4 is 5.91 Å². The second-order valence-electron chi connectivity index (χ2n) is 2.86. The molecule has 0 bridgehead atoms. The summed E-state index contributed by atoms with van der Waals surface area (Å²) >= 11 is 0. The van der Waals surface area contributed by atoms with E-state index in [1.165, 1.54) is 0 Å². The predicted molar refractivity (Wildman–Crippen MR) is 43.3 cm³/mol. The smallest absolute Gasteiger partial charge is 0.233 e. The maximum absolute atomic E-state index is 10.9. The molecule has 1 fully saturated rings. The normalized spacial score (nSPS) is 17.5. The van der Waals surface area contributed by atoms with Gasteiger partial charge in [-0.05, 0) is 7.05 Å². The highest BCUT2D eigenvalue weighted by atomic mass is 16.1. The first kappa shape index (κ1) is 8.49. The predicted octanol–water partition coefficient (Wildman–Crippen LogP) is -1.46. The summed E-state index contributed by atoms with van der Waals surface area (Å²) in [6.07, 6.45) is 0. The SMILES string of the molecule is CNCC(=O)NCC1CNC1. The van der Waals surface area contributed by atoms with Crippen molar-refractivity contribution in [3.05, 3.63) is 0 Å². The Labute approximate surface area is 66.7 Å². The van der Waals surface area contributed by atoms with E-state index in [0.717, 1.165) is 19.6 Å². The summed E-state index contributed by atoms with van der Waals surface area (Å²) in [7, 11) is 1.77. The van der Waals surface area contributed by atoms with Gasteiger partial charge in [0.05, 0.1) is 6.54 Å². The van der Waals surface area contributed by atoms with Crippen molar-refractivity contribution < 1.29 is 4.79 Å². The monoisotopic (exact) mass is 157 g/mol. The van der Waals surface area contributed by atoms with Crippen LogP contribution in [0, 0.1) is 5.92 Å². The Bertz CT molecular complexity index is 134. The quantitative estimate of drug-likeness (QED) is 0.467. The molecule has 1 heterocycles. The van der Waals surface area contributed by atoms with E-state index >= 15 is 0 Å². The fraction of sp³-hybridized carbons (Fsp3) is 0.857. The second kappa shape index (κ2) is 4.31. The third-order valence-corrected chi connectivity index (χ3v) is 1.79. The van der Waals surface area contributed by atoms with Crippen molar-refractivity contribution in [1.29, 1.82) is 0 Å². The zero-order chi connectivity index (χ0) is 8.10. The van der Waals surface area contributed by atoms with Gasteiger partial charge in [0, 0.05) is 25.6 Å². The molecular weight excluding hydrogens is 142 g/mol. The molecule has 0 aromatic heterocycles. The standard InChI is InChI=1S/C7H15N3O/c1-8-5-7(11)10-4-6-2-9-3-6/h6,8-9H,2-5H2,1H3,(H,10,11). The molecule has 0 radical (unpaired) electrons. The van der Waals surface area contributed by atoms with Gasteiger partial charge < -0.3 is 16.0 Å². The van der Waals surface area contributed by atoms with Crippen LogP contribution in [0.3, 0.4) is 0 Å². The summed E-state index contributed by atoms with van der Waals surface area (Å²) in [5.41, 5.74) is 0. The van der Waals surface area contributed by atoms with Gasteiger partial charge in [0.25, 0.3) is 0 Å². The van der Waals surface area contributed by atoms with E-state index in [1.807, 2.05) is 0 Å². The minimum absolute atomic E-state index is 0.0828. The molecule has 0 aromatic carbocycles. The lowest BCUT2D eigenvalue weighted by molar-refractivity contribution is -0.120. The average molecular weight is 157 g/mol. The van der Waals surface area contributed by atoms with Crippen LogP contribution >= 0.6 is 0 Å². The minimum atomic E-state index is 0.0828. The molecule has 11 heavy (non-hydrogen) atoms. The summed E-state index contributed by atoms with van der Waals surface area (Å²) in [4.78, 5) is 10.9. The van der Waals surface area contributed by atoms with Crippen molar-refractivity contribution in [3.8, 4) is 0 Å². The van der Waals surface area contributed by atoms with Gasteiger partial charge in [0.2, 0.25) is 5.91 Å². The first-order chi connectivity index (χ1) is 5.33. The van der Waals surface area contributed by atoms with Gasteiger partial charge >= 0.3 is 0 Å². The maximum atomic E-state index is 10.9. The first-order valence-electron chi connectivity index (χ1n) is 3.95. The Morgan fingerprint density at radius 3 is 2.82 bits per heavy atom. The van der Waals surface area contributed by atoms with Gasteiger partial charge in [-0.15, -0.1) is 0 Å². The van der Waals surface area contributed by atoms with E-state index in [9.17, 15) is 4.79 Å². The van der Waals surface area contributed by atoms with E-state index in [4.69, 9.17) is 0 Å². The van der Waals surface area contributed by atoms with Gasteiger partial charge in [-0.25, -0.2) is 0 Å². The number of carbonyl (C=O) groups is 1. The van der Waals surface area contributed by atoms with Gasteiger partial charge in [0.15, 0.2) is 0 Å². The van der Waals surface area contributed by atoms with Gasteiger partial charge in [-0.1, -0.05) is 0 Å². The molecule has 0 aromatic rings. The zero-order valence-electron chi connectivity index (χ0n) is 6.81. The summed E-state index contributed by atoms with van der Waals surface area (Å²) < 4.78 is 0. The lowest BCUT2D eigenvalue weighted by Crippen LogP contribution is -2.49. The highest BCUT2D eigenvalue weighted by Crippen LogP contribution is 1.98. The molecule has 0 spiro atoms. The van der Waals surface area contributed by atoms with Crippen LogP contribution in [0.5, 0.6) is 0 Å². The average Bonchev–Trinajstić information content (AvgIpc) is 1.85. The number of amides is 1. The largest absolute Gasteiger partial charge is 0.355 e. The number of hydrogen-bond donors (Lipinski definition) is 3. The van der Waals surface area contributed by atoms with Crippen LogP contribution in [-0.4, -0.2) is 39.1 Å². The van der Waals surface area contributed by atoms with Crippen molar-refractivity contribution in [2.24, 2.45) is 5.92 Å². The van der Waals surface area contributed by atoms with Crippen LogP contribution in [0.2, 0.25) is 0 Å². The molecule has 1 rings (SSSR count). The fourth-order valence-corrected chi connectivity index (χ4v) is 0.974. The molecule has 0 atom stereocenters. The van der Waals surface area contributed by atoms with E-state index < -0.39 is 0 Å². The Morgan fingerprint density at radius 2 is 2.36 bits per heavy atom. The van der Waals surface area contributed by atoms with E-state index in [2.05, 4.69) is 16.0 Å². The number of rotatable bonds is 4. The highest BCUT2D eigenvalue weighted by molar-refractivity contribution is 5.77.